The van der Waals surface area contributed by atoms with Crippen molar-refractivity contribution in [1.82, 2.24) is 0 Å². The molecule has 13 heavy (non-hydrogen) atoms. The first kappa shape index (κ1) is 10.5. The van der Waals surface area contributed by atoms with Gasteiger partial charge in [0.05, 0.1) is 0 Å². The maximum Gasteiger partial charge on any atom is 0.0375 e. The molecule has 0 spiro atoms. The third-order valence-corrected chi connectivity index (χ3v) is 5.09. The zero-order valence-electron chi connectivity index (χ0n) is 6.80. The van der Waals surface area contributed by atoms with Crippen molar-refractivity contribution in [3.8, 4) is 0 Å². The summed E-state index contributed by atoms with van der Waals surface area (Å²) in [6, 6.07) is 4.48. The number of hydrogen-bond acceptors (Lipinski definition) is 2. The molecule has 0 nitrogen and oxygen atoms in total. The van der Waals surface area contributed by atoms with E-state index in [1.54, 1.807) is 0 Å². The number of halogens is 2. The van der Waals surface area contributed by atoms with Gasteiger partial charge in [-0.25, -0.2) is 0 Å². The second kappa shape index (κ2) is 4.24. The second-order valence-electron chi connectivity index (χ2n) is 2.56. The van der Waals surface area contributed by atoms with Gasteiger partial charge in [0, 0.05) is 27.5 Å². The number of benzene rings is 1. The monoisotopic (exact) mass is 432 g/mol. The first-order valence-corrected chi connectivity index (χ1v) is 7.89. The van der Waals surface area contributed by atoms with Gasteiger partial charge < -0.3 is 0 Å². The summed E-state index contributed by atoms with van der Waals surface area (Å²) < 4.78 is 4.09. The predicted molar refractivity (Wildman–Crippen MR) is 79.0 cm³/mol. The lowest BCUT2D eigenvalue weighted by atomic mass is 10.3. The van der Waals surface area contributed by atoms with Gasteiger partial charge in [0.1, 0.15) is 0 Å². The Kier molecular flexibility index (Phi) is 3.43. The summed E-state index contributed by atoms with van der Waals surface area (Å²) in [5.41, 5.74) is 0. The Bertz CT molecular complexity index is 448. The van der Waals surface area contributed by atoms with Crippen LogP contribution in [-0.2, 0) is 0 Å². The van der Waals surface area contributed by atoms with Gasteiger partial charge in [-0.2, -0.15) is 0 Å². The van der Waals surface area contributed by atoms with Crippen LogP contribution < -0.4 is 0 Å². The molecule has 0 aliphatic rings. The molecule has 1 heterocycles. The summed E-state index contributed by atoms with van der Waals surface area (Å²) >= 11 is 8.45. The van der Waals surface area contributed by atoms with Gasteiger partial charge in [-0.05, 0) is 63.6 Å². The number of fused-ring (bicyclic) bond motifs is 1. The second-order valence-corrected chi connectivity index (χ2v) is 6.73. The summed E-state index contributed by atoms with van der Waals surface area (Å²) in [5.74, 6) is 0. The molecule has 0 N–H and O–H groups in total. The van der Waals surface area contributed by atoms with E-state index in [0.717, 1.165) is 0 Å². The smallest absolute Gasteiger partial charge is 0.0375 e. The number of rotatable bonds is 1. The normalized spacial score (nSPS) is 11.0. The molecule has 0 atom stereocenters. The molecule has 68 valence electrons. The van der Waals surface area contributed by atoms with Gasteiger partial charge >= 0.3 is 0 Å². The third-order valence-electron chi connectivity index (χ3n) is 1.78. The van der Waals surface area contributed by atoms with Crippen molar-refractivity contribution in [3.63, 3.8) is 0 Å². The molecule has 0 radical (unpaired) electrons. The highest BCUT2D eigenvalue weighted by Gasteiger charge is 2.07. The van der Waals surface area contributed by atoms with Gasteiger partial charge in [-0.1, -0.05) is 0 Å². The lowest BCUT2D eigenvalue weighted by Crippen LogP contribution is -1.77. The molecule has 4 heteroatoms. The van der Waals surface area contributed by atoms with E-state index in [-0.39, 0.29) is 0 Å². The quantitative estimate of drug-likeness (QED) is 0.460. The van der Waals surface area contributed by atoms with Gasteiger partial charge in [0.15, 0.2) is 0 Å². The van der Waals surface area contributed by atoms with E-state index in [1.165, 1.54) is 22.1 Å². The van der Waals surface area contributed by atoms with E-state index < -0.39 is 0 Å². The summed E-state index contributed by atoms with van der Waals surface area (Å²) in [6.45, 7) is 0. The Balaban J connectivity index is 2.82. The summed E-state index contributed by atoms with van der Waals surface area (Å²) in [4.78, 5) is 1.40. The molecule has 2 rings (SSSR count). The maximum absolute atomic E-state index is 2.42. The van der Waals surface area contributed by atoms with Crippen molar-refractivity contribution in [2.75, 3.05) is 6.26 Å². The maximum atomic E-state index is 2.42. The highest BCUT2D eigenvalue weighted by atomic mass is 127. The minimum atomic E-state index is 1.32. The fraction of sp³-hybridized carbons (Fsp3) is 0.111. The molecule has 0 saturated heterocycles. The molecule has 0 unspecified atom stereocenters. The van der Waals surface area contributed by atoms with Crippen molar-refractivity contribution < 1.29 is 0 Å². The topological polar surface area (TPSA) is 0 Å². The minimum Gasteiger partial charge on any atom is -0.143 e. The van der Waals surface area contributed by atoms with E-state index in [1.807, 2.05) is 23.1 Å². The van der Waals surface area contributed by atoms with Crippen molar-refractivity contribution in [2.24, 2.45) is 0 Å². The molecule has 0 bridgehead atoms. The lowest BCUT2D eigenvalue weighted by Gasteiger charge is -1.98. The van der Waals surface area contributed by atoms with Crippen LogP contribution in [0.2, 0.25) is 0 Å². The van der Waals surface area contributed by atoms with Crippen LogP contribution in [0.4, 0.5) is 0 Å². The van der Waals surface area contributed by atoms with Crippen molar-refractivity contribution in [2.45, 2.75) is 4.90 Å². The van der Waals surface area contributed by atoms with Crippen molar-refractivity contribution in [3.05, 3.63) is 24.7 Å². The largest absolute Gasteiger partial charge is 0.143 e. The van der Waals surface area contributed by atoms with Gasteiger partial charge in [0.25, 0.3) is 0 Å². The van der Waals surface area contributed by atoms with Crippen LogP contribution in [0, 0.1) is 7.14 Å². The van der Waals surface area contributed by atoms with E-state index in [0.29, 0.717) is 0 Å². The predicted octanol–water partition coefficient (Wildman–Crippen LogP) is 4.83. The molecule has 1 aromatic heterocycles. The number of thioether (sulfide) groups is 1. The SMILES string of the molecule is CSc1csc2cc(I)cc(I)c12. The minimum absolute atomic E-state index is 1.32. The Morgan fingerprint density at radius 3 is 2.77 bits per heavy atom. The molecular formula is C9H6I2S2. The van der Waals surface area contributed by atoms with Crippen LogP contribution in [0.25, 0.3) is 10.1 Å². The molecule has 0 aliphatic heterocycles. The molecule has 2 aromatic rings. The van der Waals surface area contributed by atoms with Crippen molar-refractivity contribution >= 4 is 78.4 Å². The van der Waals surface area contributed by atoms with Gasteiger partial charge in [-0.15, -0.1) is 23.1 Å². The Morgan fingerprint density at radius 2 is 2.08 bits per heavy atom. The van der Waals surface area contributed by atoms with Gasteiger partial charge in [0.2, 0.25) is 0 Å². The molecule has 0 saturated carbocycles. The van der Waals surface area contributed by atoms with Gasteiger partial charge in [-0.3, -0.25) is 0 Å². The average Bonchev–Trinajstić information content (AvgIpc) is 2.47. The molecule has 1 aromatic carbocycles. The zero-order valence-corrected chi connectivity index (χ0v) is 12.8. The van der Waals surface area contributed by atoms with E-state index in [4.69, 9.17) is 0 Å². The third kappa shape index (κ3) is 2.00. The molecule has 0 aliphatic carbocycles. The first-order chi connectivity index (χ1) is 6.22. The first-order valence-electron chi connectivity index (χ1n) is 3.62. The number of hydrogen-bond donors (Lipinski definition) is 0. The molecular weight excluding hydrogens is 426 g/mol. The van der Waals surface area contributed by atoms with Crippen LogP contribution in [0.1, 0.15) is 0 Å². The summed E-state index contributed by atoms with van der Waals surface area (Å²) in [6.07, 6.45) is 2.13. The average molecular weight is 432 g/mol. The van der Waals surface area contributed by atoms with Crippen LogP contribution in [0.5, 0.6) is 0 Å². The van der Waals surface area contributed by atoms with E-state index in [9.17, 15) is 0 Å². The highest BCUT2D eigenvalue weighted by Crippen LogP contribution is 2.36. The summed E-state index contributed by atoms with van der Waals surface area (Å²) in [7, 11) is 0. The fourth-order valence-electron chi connectivity index (χ4n) is 1.21. The highest BCUT2D eigenvalue weighted by molar-refractivity contribution is 14.1. The van der Waals surface area contributed by atoms with E-state index >= 15 is 0 Å². The number of thiophene rings is 1. The standard InChI is InChI=1S/C9H6I2S2/c1-12-8-4-13-7-3-5(10)2-6(11)9(7)8/h2-4H,1H3. The Labute approximate surface area is 113 Å². The van der Waals surface area contributed by atoms with Crippen LogP contribution in [0.3, 0.4) is 0 Å². The Hall–Kier alpha value is 0.990. The zero-order chi connectivity index (χ0) is 9.42. The molecule has 0 amide bonds. The summed E-state index contributed by atoms with van der Waals surface area (Å²) in [5, 5.41) is 3.67. The van der Waals surface area contributed by atoms with Crippen LogP contribution >= 0.6 is 68.3 Å². The van der Waals surface area contributed by atoms with Crippen LogP contribution in [0.15, 0.2) is 22.4 Å². The lowest BCUT2D eigenvalue weighted by molar-refractivity contribution is 1.61. The van der Waals surface area contributed by atoms with E-state index in [2.05, 4.69) is 69.0 Å². The van der Waals surface area contributed by atoms with Crippen molar-refractivity contribution in [1.29, 1.82) is 0 Å². The molecule has 0 fully saturated rings. The Morgan fingerprint density at radius 1 is 1.31 bits per heavy atom. The van der Waals surface area contributed by atoms with Crippen LogP contribution in [-0.4, -0.2) is 6.26 Å². The fourth-order valence-corrected chi connectivity index (χ4v) is 5.82.